The van der Waals surface area contributed by atoms with Gasteiger partial charge in [0.2, 0.25) is 5.82 Å². The van der Waals surface area contributed by atoms with Crippen molar-refractivity contribution in [2.75, 3.05) is 13.7 Å². The van der Waals surface area contributed by atoms with Crippen molar-refractivity contribution in [1.82, 2.24) is 19.7 Å². The molecule has 0 saturated carbocycles. The Morgan fingerprint density at radius 2 is 1.91 bits per heavy atom. The van der Waals surface area contributed by atoms with Crippen LogP contribution in [0.2, 0.25) is 0 Å². The normalized spacial score (nSPS) is 23.9. The molecule has 3 heterocycles. The second-order valence-corrected chi connectivity index (χ2v) is 7.67. The molecular formula is C22H23N5O7. The van der Waals surface area contributed by atoms with Crippen LogP contribution < -0.4 is 5.73 Å². The molecule has 4 rings (SSSR count). The second kappa shape index (κ2) is 9.85. The molecule has 0 unspecified atom stereocenters. The van der Waals surface area contributed by atoms with E-state index in [1.54, 1.807) is 60.8 Å². The zero-order chi connectivity index (χ0) is 24.2. The monoisotopic (exact) mass is 469 g/mol. The average Bonchev–Trinajstić information content (AvgIpc) is 3.45. The molecule has 12 nitrogen and oxygen atoms in total. The van der Waals surface area contributed by atoms with Gasteiger partial charge in [0.25, 0.3) is 5.91 Å². The Bertz CT molecular complexity index is 1130. The molecule has 0 radical (unpaired) electrons. The van der Waals surface area contributed by atoms with E-state index in [0.29, 0.717) is 12.0 Å². The largest absolute Gasteiger partial charge is 0.452 e. The molecular weight excluding hydrogens is 446 g/mol. The van der Waals surface area contributed by atoms with Crippen LogP contribution in [0.1, 0.15) is 33.6 Å². The first-order valence-electron chi connectivity index (χ1n) is 10.4. The van der Waals surface area contributed by atoms with Gasteiger partial charge < -0.3 is 30.0 Å². The maximum Gasteiger partial charge on any atom is 0.338 e. The van der Waals surface area contributed by atoms with Crippen LogP contribution in [-0.4, -0.2) is 74.6 Å². The fourth-order valence-electron chi connectivity index (χ4n) is 3.63. The Morgan fingerprint density at radius 1 is 1.18 bits per heavy atom. The zero-order valence-corrected chi connectivity index (χ0v) is 18.2. The number of aliphatic hydroxyl groups excluding tert-OH is 1. The predicted octanol–water partition coefficient (Wildman–Crippen LogP) is 0.137. The predicted molar refractivity (Wildman–Crippen MR) is 115 cm³/mol. The third kappa shape index (κ3) is 4.82. The van der Waals surface area contributed by atoms with Crippen LogP contribution >= 0.6 is 0 Å². The number of ether oxygens (including phenoxy) is 3. The topological polar surface area (TPSA) is 159 Å². The number of nitrogens with zero attached hydrogens (tertiary/aromatic N) is 4. The van der Waals surface area contributed by atoms with Crippen LogP contribution in [0, 0.1) is 0 Å². The van der Waals surface area contributed by atoms with Crippen LogP contribution in [-0.2, 0) is 19.0 Å². The van der Waals surface area contributed by atoms with E-state index in [0.717, 1.165) is 4.68 Å². The van der Waals surface area contributed by atoms with E-state index in [2.05, 4.69) is 10.1 Å². The fourth-order valence-corrected chi connectivity index (χ4v) is 3.63. The molecule has 1 fully saturated rings. The van der Waals surface area contributed by atoms with Crippen LogP contribution in [0.25, 0.3) is 0 Å². The van der Waals surface area contributed by atoms with Crippen LogP contribution in [0.3, 0.4) is 0 Å². The quantitative estimate of drug-likeness (QED) is 0.534. The van der Waals surface area contributed by atoms with Crippen molar-refractivity contribution in [3.63, 3.8) is 0 Å². The van der Waals surface area contributed by atoms with Crippen molar-refractivity contribution < 1.29 is 33.7 Å². The molecule has 3 N–H and O–H groups in total. The number of esters is 2. The van der Waals surface area contributed by atoms with E-state index in [1.807, 2.05) is 0 Å². The molecule has 1 aromatic carbocycles. The molecule has 4 atom stereocenters. The van der Waals surface area contributed by atoms with E-state index >= 15 is 0 Å². The number of aromatic nitrogens is 3. The molecule has 2 aliphatic rings. The van der Waals surface area contributed by atoms with Crippen molar-refractivity contribution in [2.24, 2.45) is 5.73 Å². The van der Waals surface area contributed by atoms with Gasteiger partial charge in [0, 0.05) is 19.7 Å². The van der Waals surface area contributed by atoms with Crippen LogP contribution in [0.5, 0.6) is 0 Å². The highest BCUT2D eigenvalue weighted by Gasteiger charge is 2.51. The number of carbonyl (C=O) groups excluding carboxylic acids is 3. The van der Waals surface area contributed by atoms with Crippen molar-refractivity contribution in [2.45, 2.75) is 31.0 Å². The number of nitrogens with two attached hydrogens (primary N) is 1. The summed E-state index contributed by atoms with van der Waals surface area (Å²) in [4.78, 5) is 42.7. The maximum absolute atomic E-state index is 12.9. The lowest BCUT2D eigenvalue weighted by atomic mass is 10.1. The molecule has 0 aliphatic carbocycles. The van der Waals surface area contributed by atoms with Gasteiger partial charge >= 0.3 is 11.9 Å². The summed E-state index contributed by atoms with van der Waals surface area (Å²) in [7, 11) is 1.76. The third-order valence-corrected chi connectivity index (χ3v) is 5.25. The summed E-state index contributed by atoms with van der Waals surface area (Å²) < 4.78 is 18.3. The van der Waals surface area contributed by atoms with Crippen molar-refractivity contribution in [3.8, 4) is 0 Å². The first-order valence-corrected chi connectivity index (χ1v) is 10.4. The van der Waals surface area contributed by atoms with Crippen molar-refractivity contribution in [3.05, 3.63) is 72.1 Å². The van der Waals surface area contributed by atoms with E-state index in [4.69, 9.17) is 19.9 Å². The lowest BCUT2D eigenvalue weighted by Gasteiger charge is -2.25. The van der Waals surface area contributed by atoms with Gasteiger partial charge in [0.05, 0.1) is 17.7 Å². The minimum atomic E-state index is -1.21. The summed E-state index contributed by atoms with van der Waals surface area (Å²) in [6.45, 7) is -0.538. The molecule has 34 heavy (non-hydrogen) atoms. The summed E-state index contributed by atoms with van der Waals surface area (Å²) in [5.41, 5.74) is 5.86. The third-order valence-electron chi connectivity index (χ3n) is 5.25. The summed E-state index contributed by atoms with van der Waals surface area (Å²) in [5, 5.41) is 13.9. The lowest BCUT2D eigenvalue weighted by molar-refractivity contribution is -0.152. The molecule has 2 aromatic rings. The standard InChI is InChI=1S/C22H23N5O7/c1-26-9-5-8-14(10-26)22(31)33-16-15(11-28)32-20(27-12-24-19(25-27)18(23)29)17(16)34-21(30)13-6-3-2-4-7-13/h2-7,9-10,12,15-17,20,28H,8,11H2,1H3,(H2,23,29)/t15-,16-,17-,20-/m1/s1. The number of carbonyl (C=O) groups is 3. The molecule has 2 aliphatic heterocycles. The van der Waals surface area contributed by atoms with E-state index in [1.165, 1.54) is 6.33 Å². The van der Waals surface area contributed by atoms with Crippen LogP contribution in [0.4, 0.5) is 0 Å². The number of benzene rings is 1. The van der Waals surface area contributed by atoms with Gasteiger partial charge in [-0.3, -0.25) is 4.79 Å². The summed E-state index contributed by atoms with van der Waals surface area (Å²) in [5.74, 6) is -2.49. The van der Waals surface area contributed by atoms with Gasteiger partial charge in [-0.15, -0.1) is 5.10 Å². The molecule has 1 aromatic heterocycles. The Morgan fingerprint density at radius 3 is 2.56 bits per heavy atom. The lowest BCUT2D eigenvalue weighted by Crippen LogP contribution is -2.41. The summed E-state index contributed by atoms with van der Waals surface area (Å²) in [6, 6.07) is 8.21. The Balaban J connectivity index is 1.63. The summed E-state index contributed by atoms with van der Waals surface area (Å²) in [6.07, 6.45) is 2.16. The molecule has 12 heteroatoms. The number of rotatable bonds is 7. The molecule has 1 amide bonds. The van der Waals surface area contributed by atoms with Crippen LogP contribution in [0.15, 0.2) is 60.7 Å². The number of aliphatic hydroxyl groups is 1. The Labute approximate surface area is 194 Å². The zero-order valence-electron chi connectivity index (χ0n) is 18.2. The molecule has 0 spiro atoms. The second-order valence-electron chi connectivity index (χ2n) is 7.67. The Kier molecular flexibility index (Phi) is 6.70. The minimum Gasteiger partial charge on any atom is -0.452 e. The highest BCUT2D eigenvalue weighted by Crippen LogP contribution is 2.34. The first kappa shape index (κ1) is 23.1. The number of hydrogen-bond acceptors (Lipinski definition) is 10. The number of primary amides is 1. The molecule has 178 valence electrons. The minimum absolute atomic E-state index is 0.261. The first-order chi connectivity index (χ1) is 16.4. The number of allylic oxidation sites excluding steroid dienone is 1. The SMILES string of the molecule is CN1C=CCC(C(=O)O[C@H]2[C@@H](OC(=O)c3ccccc3)[C@H](n3cnc(C(N)=O)n3)O[C@@H]2CO)=C1. The van der Waals surface area contributed by atoms with Crippen molar-refractivity contribution >= 4 is 17.8 Å². The van der Waals surface area contributed by atoms with Gasteiger partial charge in [-0.1, -0.05) is 24.3 Å². The smallest absolute Gasteiger partial charge is 0.338 e. The number of amides is 1. The van der Waals surface area contributed by atoms with Gasteiger partial charge in [-0.25, -0.2) is 19.3 Å². The Hall–Kier alpha value is -4.03. The average molecular weight is 469 g/mol. The van der Waals surface area contributed by atoms with Crippen molar-refractivity contribution in [1.29, 1.82) is 0 Å². The maximum atomic E-state index is 12.9. The summed E-state index contributed by atoms with van der Waals surface area (Å²) >= 11 is 0. The molecule has 0 bridgehead atoms. The van der Waals surface area contributed by atoms with E-state index in [-0.39, 0.29) is 11.4 Å². The van der Waals surface area contributed by atoms with E-state index in [9.17, 15) is 19.5 Å². The van der Waals surface area contributed by atoms with Gasteiger partial charge in [0.15, 0.2) is 18.4 Å². The highest BCUT2D eigenvalue weighted by molar-refractivity contribution is 5.90. The highest BCUT2D eigenvalue weighted by atomic mass is 16.6. The van der Waals surface area contributed by atoms with Gasteiger partial charge in [0.1, 0.15) is 12.4 Å². The van der Waals surface area contributed by atoms with Gasteiger partial charge in [-0.2, -0.15) is 0 Å². The molecule has 1 saturated heterocycles. The number of hydrogen-bond donors (Lipinski definition) is 2. The fraction of sp³-hybridized carbons (Fsp3) is 0.318. The van der Waals surface area contributed by atoms with Gasteiger partial charge in [-0.05, 0) is 18.3 Å². The van der Waals surface area contributed by atoms with E-state index < -0.39 is 49.0 Å².